The summed E-state index contributed by atoms with van der Waals surface area (Å²) < 4.78 is 0. The second kappa shape index (κ2) is 5.41. The van der Waals surface area contributed by atoms with Gasteiger partial charge >= 0.3 is 0 Å². The van der Waals surface area contributed by atoms with E-state index in [-0.39, 0.29) is 5.41 Å². The number of aryl methyl sites for hydroxylation is 1. The highest BCUT2D eigenvalue weighted by Gasteiger charge is 2.42. The Kier molecular flexibility index (Phi) is 3.62. The average molecular weight is 266 g/mol. The normalized spacial score (nSPS) is 18.9. The van der Waals surface area contributed by atoms with Crippen LogP contribution in [0.4, 0.5) is 0 Å². The monoisotopic (exact) mass is 266 g/mol. The van der Waals surface area contributed by atoms with Gasteiger partial charge in [0.1, 0.15) is 0 Å². The van der Waals surface area contributed by atoms with Crippen molar-refractivity contribution in [2.75, 3.05) is 0 Å². The fourth-order valence-corrected chi connectivity index (χ4v) is 3.69. The Morgan fingerprint density at radius 3 is 2.15 bits per heavy atom. The van der Waals surface area contributed by atoms with Gasteiger partial charge in [-0.15, -0.1) is 0 Å². The molecular formula is C19H22O. The van der Waals surface area contributed by atoms with Crippen LogP contribution < -0.4 is 0 Å². The van der Waals surface area contributed by atoms with Gasteiger partial charge in [-0.3, -0.25) is 0 Å². The molecule has 20 heavy (non-hydrogen) atoms. The minimum Gasteiger partial charge on any atom is -0.387 e. The van der Waals surface area contributed by atoms with Crippen LogP contribution in [0.25, 0.3) is 0 Å². The molecule has 0 aliphatic heterocycles. The van der Waals surface area contributed by atoms with Crippen LogP contribution in [0, 0.1) is 6.92 Å². The summed E-state index contributed by atoms with van der Waals surface area (Å²) >= 11 is 0. The smallest absolute Gasteiger partial charge is 0.0889 e. The number of rotatable bonds is 3. The van der Waals surface area contributed by atoms with Gasteiger partial charge in [-0.05, 0) is 36.5 Å². The Bertz CT molecular complexity index is 567. The maximum atomic E-state index is 11.1. The highest BCUT2D eigenvalue weighted by Crippen LogP contribution is 2.50. The molecule has 1 atom stereocenters. The largest absolute Gasteiger partial charge is 0.387 e. The molecule has 2 aromatic carbocycles. The molecule has 1 aliphatic carbocycles. The lowest BCUT2D eigenvalue weighted by atomic mass is 9.71. The quantitative estimate of drug-likeness (QED) is 0.864. The molecule has 1 N–H and O–H groups in total. The van der Waals surface area contributed by atoms with Gasteiger partial charge in [-0.25, -0.2) is 0 Å². The number of benzene rings is 2. The van der Waals surface area contributed by atoms with E-state index in [1.54, 1.807) is 0 Å². The summed E-state index contributed by atoms with van der Waals surface area (Å²) in [5, 5.41) is 11.1. The zero-order valence-corrected chi connectivity index (χ0v) is 12.0. The molecule has 2 aromatic rings. The lowest BCUT2D eigenvalue weighted by molar-refractivity contribution is 0.0817. The summed E-state index contributed by atoms with van der Waals surface area (Å²) in [5.41, 5.74) is 3.45. The van der Waals surface area contributed by atoms with Crippen LogP contribution in [0.1, 0.15) is 48.5 Å². The number of aliphatic hydroxyl groups is 1. The maximum Gasteiger partial charge on any atom is 0.0889 e. The Morgan fingerprint density at radius 2 is 1.50 bits per heavy atom. The van der Waals surface area contributed by atoms with Crippen molar-refractivity contribution in [3.05, 3.63) is 71.3 Å². The van der Waals surface area contributed by atoms with E-state index in [2.05, 4.69) is 43.3 Å². The second-order valence-electron chi connectivity index (χ2n) is 5.99. The first kappa shape index (κ1) is 13.4. The van der Waals surface area contributed by atoms with E-state index in [1.165, 1.54) is 24.0 Å². The minimum atomic E-state index is -0.409. The van der Waals surface area contributed by atoms with Crippen molar-refractivity contribution >= 4 is 0 Å². The summed E-state index contributed by atoms with van der Waals surface area (Å²) in [6, 6.07) is 18.8. The molecule has 1 nitrogen and oxygen atoms in total. The fraction of sp³-hybridized carbons (Fsp3) is 0.368. The Balaban J connectivity index is 2.06. The van der Waals surface area contributed by atoms with Gasteiger partial charge in [0.15, 0.2) is 0 Å². The van der Waals surface area contributed by atoms with Crippen LogP contribution in [-0.4, -0.2) is 5.11 Å². The molecule has 3 rings (SSSR count). The summed E-state index contributed by atoms with van der Waals surface area (Å²) in [7, 11) is 0. The SMILES string of the molecule is Cc1ccccc1C(O)C1(c2ccccc2)CCCC1. The zero-order valence-electron chi connectivity index (χ0n) is 12.0. The van der Waals surface area contributed by atoms with Gasteiger partial charge in [-0.2, -0.15) is 0 Å². The van der Waals surface area contributed by atoms with E-state index < -0.39 is 6.10 Å². The predicted molar refractivity (Wildman–Crippen MR) is 82.7 cm³/mol. The molecule has 0 aromatic heterocycles. The van der Waals surface area contributed by atoms with Gasteiger partial charge < -0.3 is 5.11 Å². The molecule has 1 saturated carbocycles. The molecule has 1 aliphatic rings. The van der Waals surface area contributed by atoms with Crippen molar-refractivity contribution in [3.8, 4) is 0 Å². The summed E-state index contributed by atoms with van der Waals surface area (Å²) in [6.07, 6.45) is 4.16. The molecule has 0 heterocycles. The van der Waals surface area contributed by atoms with Crippen molar-refractivity contribution in [2.24, 2.45) is 0 Å². The topological polar surface area (TPSA) is 20.2 Å². The fourth-order valence-electron chi connectivity index (χ4n) is 3.69. The number of hydrogen-bond donors (Lipinski definition) is 1. The lowest BCUT2D eigenvalue weighted by Gasteiger charge is -2.36. The molecule has 104 valence electrons. The Labute approximate surface area is 121 Å². The standard InChI is InChI=1S/C19H22O/c1-15-9-5-6-12-17(15)18(20)19(13-7-8-14-19)16-10-3-2-4-11-16/h2-6,9-12,18,20H,7-8,13-14H2,1H3. The van der Waals surface area contributed by atoms with E-state index in [0.29, 0.717) is 0 Å². The molecule has 1 unspecified atom stereocenters. The van der Waals surface area contributed by atoms with Crippen molar-refractivity contribution < 1.29 is 5.11 Å². The minimum absolute atomic E-state index is 0.104. The highest BCUT2D eigenvalue weighted by molar-refractivity contribution is 5.36. The van der Waals surface area contributed by atoms with Gasteiger partial charge in [0.25, 0.3) is 0 Å². The van der Waals surface area contributed by atoms with E-state index in [0.717, 1.165) is 18.4 Å². The summed E-state index contributed by atoms with van der Waals surface area (Å²) in [6.45, 7) is 2.09. The molecule has 0 spiro atoms. The van der Waals surface area contributed by atoms with Crippen molar-refractivity contribution in [1.82, 2.24) is 0 Å². The molecule has 0 radical (unpaired) electrons. The van der Waals surface area contributed by atoms with Crippen LogP contribution in [-0.2, 0) is 5.41 Å². The maximum absolute atomic E-state index is 11.1. The first-order valence-corrected chi connectivity index (χ1v) is 7.53. The van der Waals surface area contributed by atoms with Crippen LogP contribution in [0.15, 0.2) is 54.6 Å². The molecule has 0 saturated heterocycles. The highest BCUT2D eigenvalue weighted by atomic mass is 16.3. The summed E-state index contributed by atoms with van der Waals surface area (Å²) in [5.74, 6) is 0. The van der Waals surface area contributed by atoms with E-state index in [1.807, 2.05) is 18.2 Å². The van der Waals surface area contributed by atoms with Crippen LogP contribution in [0.3, 0.4) is 0 Å². The van der Waals surface area contributed by atoms with Gasteiger partial charge in [0.05, 0.1) is 6.10 Å². The van der Waals surface area contributed by atoms with Crippen molar-refractivity contribution in [2.45, 2.75) is 44.1 Å². The van der Waals surface area contributed by atoms with E-state index in [4.69, 9.17) is 0 Å². The second-order valence-corrected chi connectivity index (χ2v) is 5.99. The van der Waals surface area contributed by atoms with Gasteiger partial charge in [-0.1, -0.05) is 67.4 Å². The first-order chi connectivity index (χ1) is 9.74. The third-order valence-corrected chi connectivity index (χ3v) is 4.85. The van der Waals surface area contributed by atoms with Crippen molar-refractivity contribution in [3.63, 3.8) is 0 Å². The average Bonchev–Trinajstić information content (AvgIpc) is 2.99. The van der Waals surface area contributed by atoms with Gasteiger partial charge in [0, 0.05) is 5.41 Å². The Hall–Kier alpha value is -1.60. The Morgan fingerprint density at radius 1 is 0.900 bits per heavy atom. The molecule has 0 amide bonds. The molecule has 1 fully saturated rings. The predicted octanol–water partition coefficient (Wildman–Crippen LogP) is 4.54. The number of aliphatic hydroxyl groups excluding tert-OH is 1. The van der Waals surface area contributed by atoms with Gasteiger partial charge in [0.2, 0.25) is 0 Å². The molecule has 0 bridgehead atoms. The van der Waals surface area contributed by atoms with Crippen LogP contribution in [0.2, 0.25) is 0 Å². The number of hydrogen-bond acceptors (Lipinski definition) is 1. The lowest BCUT2D eigenvalue weighted by Crippen LogP contribution is -2.31. The third kappa shape index (κ3) is 2.16. The zero-order chi connectivity index (χ0) is 14.0. The van der Waals surface area contributed by atoms with Crippen LogP contribution in [0.5, 0.6) is 0 Å². The van der Waals surface area contributed by atoms with Crippen molar-refractivity contribution in [1.29, 1.82) is 0 Å². The molecule has 1 heteroatoms. The summed E-state index contributed by atoms with van der Waals surface area (Å²) in [4.78, 5) is 0. The van der Waals surface area contributed by atoms with E-state index >= 15 is 0 Å². The molecular weight excluding hydrogens is 244 g/mol. The third-order valence-electron chi connectivity index (χ3n) is 4.85. The first-order valence-electron chi connectivity index (χ1n) is 7.53. The van der Waals surface area contributed by atoms with Crippen LogP contribution >= 0.6 is 0 Å². The van der Waals surface area contributed by atoms with E-state index in [9.17, 15) is 5.11 Å².